The molecule has 18 heavy (non-hydrogen) atoms. The molecule has 0 aromatic heterocycles. The fourth-order valence-corrected chi connectivity index (χ4v) is 2.84. The van der Waals surface area contributed by atoms with E-state index in [9.17, 15) is 0 Å². The van der Waals surface area contributed by atoms with Crippen molar-refractivity contribution in [2.24, 2.45) is 5.73 Å². The summed E-state index contributed by atoms with van der Waals surface area (Å²) in [4.78, 5) is 2.39. The second-order valence-corrected chi connectivity index (χ2v) is 5.54. The van der Waals surface area contributed by atoms with Gasteiger partial charge in [0.05, 0.1) is 6.10 Å². The number of benzene rings is 1. The molecular formula is C15H24N2O. The molecule has 0 heterocycles. The van der Waals surface area contributed by atoms with Crippen molar-refractivity contribution in [3.63, 3.8) is 0 Å². The van der Waals surface area contributed by atoms with Crippen LogP contribution in [-0.4, -0.2) is 37.2 Å². The second kappa shape index (κ2) is 5.39. The molecule has 1 aliphatic carbocycles. The van der Waals surface area contributed by atoms with E-state index < -0.39 is 0 Å². The van der Waals surface area contributed by atoms with Crippen LogP contribution in [0.5, 0.6) is 0 Å². The van der Waals surface area contributed by atoms with Crippen molar-refractivity contribution < 1.29 is 4.74 Å². The maximum atomic E-state index is 5.97. The largest absolute Gasteiger partial charge is 0.381 e. The topological polar surface area (TPSA) is 38.5 Å². The van der Waals surface area contributed by atoms with E-state index in [4.69, 9.17) is 10.5 Å². The van der Waals surface area contributed by atoms with Gasteiger partial charge in [-0.2, -0.15) is 0 Å². The summed E-state index contributed by atoms with van der Waals surface area (Å²) >= 11 is 0. The SMILES string of the molecule is COC1CC(CN)(N(C)Cc2cccc(C)c2)C1. The Morgan fingerprint density at radius 2 is 2.17 bits per heavy atom. The highest BCUT2D eigenvalue weighted by Gasteiger charge is 2.46. The summed E-state index contributed by atoms with van der Waals surface area (Å²) in [6.07, 6.45) is 2.47. The molecule has 0 saturated heterocycles. The van der Waals surface area contributed by atoms with Crippen molar-refractivity contribution in [2.45, 2.75) is 38.0 Å². The number of nitrogens with two attached hydrogens (primary N) is 1. The van der Waals surface area contributed by atoms with E-state index in [0.717, 1.165) is 19.4 Å². The Labute approximate surface area is 110 Å². The number of nitrogens with zero attached hydrogens (tertiary/aromatic N) is 1. The standard InChI is InChI=1S/C15H24N2O/c1-12-5-4-6-13(7-12)10-17(2)15(11-16)8-14(9-15)18-3/h4-7,14H,8-11,16H2,1-3H3. The van der Waals surface area contributed by atoms with Gasteiger partial charge in [-0.3, -0.25) is 4.90 Å². The van der Waals surface area contributed by atoms with Crippen molar-refractivity contribution in [3.05, 3.63) is 35.4 Å². The first kappa shape index (κ1) is 13.5. The molecule has 100 valence electrons. The lowest BCUT2D eigenvalue weighted by Crippen LogP contribution is -2.62. The van der Waals surface area contributed by atoms with Gasteiger partial charge in [0.2, 0.25) is 0 Å². The van der Waals surface area contributed by atoms with Gasteiger partial charge in [-0.05, 0) is 32.4 Å². The van der Waals surface area contributed by atoms with E-state index in [2.05, 4.69) is 43.1 Å². The molecule has 3 heteroatoms. The minimum Gasteiger partial charge on any atom is -0.381 e. The average molecular weight is 248 g/mol. The molecule has 0 unspecified atom stereocenters. The number of methoxy groups -OCH3 is 1. The molecule has 0 radical (unpaired) electrons. The first-order chi connectivity index (χ1) is 8.59. The van der Waals surface area contributed by atoms with Crippen LogP contribution in [0.3, 0.4) is 0 Å². The first-order valence-corrected chi connectivity index (χ1v) is 6.59. The highest BCUT2D eigenvalue weighted by Crippen LogP contribution is 2.38. The van der Waals surface area contributed by atoms with E-state index in [-0.39, 0.29) is 5.54 Å². The Morgan fingerprint density at radius 3 is 2.72 bits per heavy atom. The molecule has 1 aromatic rings. The van der Waals surface area contributed by atoms with Crippen LogP contribution in [0.15, 0.2) is 24.3 Å². The molecule has 0 atom stereocenters. The van der Waals surface area contributed by atoms with E-state index >= 15 is 0 Å². The van der Waals surface area contributed by atoms with Gasteiger partial charge in [0.25, 0.3) is 0 Å². The number of hydrogen-bond acceptors (Lipinski definition) is 3. The lowest BCUT2D eigenvalue weighted by atomic mass is 9.73. The number of aryl methyl sites for hydroxylation is 1. The predicted octanol–water partition coefficient (Wildman–Crippen LogP) is 1.93. The van der Waals surface area contributed by atoms with Crippen molar-refractivity contribution in [2.75, 3.05) is 20.7 Å². The second-order valence-electron chi connectivity index (χ2n) is 5.54. The van der Waals surface area contributed by atoms with Crippen LogP contribution in [0.1, 0.15) is 24.0 Å². The van der Waals surface area contributed by atoms with E-state index in [1.165, 1.54) is 11.1 Å². The number of hydrogen-bond donors (Lipinski definition) is 1. The third-order valence-corrected chi connectivity index (χ3v) is 4.24. The highest BCUT2D eigenvalue weighted by molar-refractivity contribution is 5.22. The van der Waals surface area contributed by atoms with Gasteiger partial charge in [-0.1, -0.05) is 29.8 Å². The quantitative estimate of drug-likeness (QED) is 0.865. The molecule has 0 bridgehead atoms. The molecule has 2 N–H and O–H groups in total. The summed E-state index contributed by atoms with van der Waals surface area (Å²) < 4.78 is 5.38. The summed E-state index contributed by atoms with van der Waals surface area (Å²) in [6, 6.07) is 8.67. The van der Waals surface area contributed by atoms with E-state index in [1.807, 2.05) is 0 Å². The summed E-state index contributed by atoms with van der Waals surface area (Å²) in [5.41, 5.74) is 8.77. The van der Waals surface area contributed by atoms with Crippen LogP contribution in [0, 0.1) is 6.92 Å². The van der Waals surface area contributed by atoms with Crippen molar-refractivity contribution in [3.8, 4) is 0 Å². The van der Waals surface area contributed by atoms with E-state index in [0.29, 0.717) is 12.6 Å². The molecule has 1 saturated carbocycles. The fourth-order valence-electron chi connectivity index (χ4n) is 2.84. The third kappa shape index (κ3) is 2.58. The van der Waals surface area contributed by atoms with Crippen LogP contribution >= 0.6 is 0 Å². The Morgan fingerprint density at radius 1 is 1.44 bits per heavy atom. The van der Waals surface area contributed by atoms with Crippen molar-refractivity contribution >= 4 is 0 Å². The summed E-state index contributed by atoms with van der Waals surface area (Å²) in [7, 11) is 3.95. The Balaban J connectivity index is 2.01. The highest BCUT2D eigenvalue weighted by atomic mass is 16.5. The van der Waals surface area contributed by atoms with Crippen LogP contribution in [0.2, 0.25) is 0 Å². The van der Waals surface area contributed by atoms with Crippen molar-refractivity contribution in [1.82, 2.24) is 4.90 Å². The van der Waals surface area contributed by atoms with Crippen LogP contribution in [-0.2, 0) is 11.3 Å². The zero-order valence-electron chi connectivity index (χ0n) is 11.6. The third-order valence-electron chi connectivity index (χ3n) is 4.24. The van der Waals surface area contributed by atoms with Gasteiger partial charge in [-0.15, -0.1) is 0 Å². The Hall–Kier alpha value is -0.900. The van der Waals surface area contributed by atoms with Gasteiger partial charge < -0.3 is 10.5 Å². The van der Waals surface area contributed by atoms with E-state index in [1.54, 1.807) is 7.11 Å². The summed E-state index contributed by atoms with van der Waals surface area (Å²) in [6.45, 7) is 3.79. The summed E-state index contributed by atoms with van der Waals surface area (Å²) in [5.74, 6) is 0. The van der Waals surface area contributed by atoms with Gasteiger partial charge in [-0.25, -0.2) is 0 Å². The molecule has 1 fully saturated rings. The maximum absolute atomic E-state index is 5.97. The molecule has 2 rings (SSSR count). The lowest BCUT2D eigenvalue weighted by molar-refractivity contribution is -0.0811. The first-order valence-electron chi connectivity index (χ1n) is 6.59. The molecule has 1 aliphatic rings. The average Bonchev–Trinajstić information content (AvgIpc) is 2.28. The molecule has 0 aliphatic heterocycles. The lowest BCUT2D eigenvalue weighted by Gasteiger charge is -2.52. The Kier molecular flexibility index (Phi) is 4.05. The Bertz CT molecular complexity index is 399. The van der Waals surface area contributed by atoms with Crippen LogP contribution < -0.4 is 5.73 Å². The van der Waals surface area contributed by atoms with Crippen molar-refractivity contribution in [1.29, 1.82) is 0 Å². The smallest absolute Gasteiger partial charge is 0.0607 e. The number of ether oxygens (including phenoxy) is 1. The zero-order chi connectivity index (χ0) is 13.2. The van der Waals surface area contributed by atoms with Crippen LogP contribution in [0.25, 0.3) is 0 Å². The van der Waals surface area contributed by atoms with Gasteiger partial charge in [0, 0.05) is 25.7 Å². The maximum Gasteiger partial charge on any atom is 0.0607 e. The minimum absolute atomic E-state index is 0.129. The van der Waals surface area contributed by atoms with Gasteiger partial charge in [0.15, 0.2) is 0 Å². The van der Waals surface area contributed by atoms with Gasteiger partial charge in [0.1, 0.15) is 0 Å². The molecule has 3 nitrogen and oxygen atoms in total. The minimum atomic E-state index is 0.129. The predicted molar refractivity (Wildman–Crippen MR) is 74.5 cm³/mol. The number of likely N-dealkylation sites (N-methyl/N-ethyl adjacent to an activating group) is 1. The summed E-state index contributed by atoms with van der Waals surface area (Å²) in [5, 5.41) is 0. The van der Waals surface area contributed by atoms with Crippen LogP contribution in [0.4, 0.5) is 0 Å². The number of rotatable bonds is 5. The molecule has 0 spiro atoms. The normalized spacial score (nSPS) is 27.3. The monoisotopic (exact) mass is 248 g/mol. The molecular weight excluding hydrogens is 224 g/mol. The zero-order valence-corrected chi connectivity index (χ0v) is 11.6. The molecule has 1 aromatic carbocycles. The molecule has 0 amide bonds. The van der Waals surface area contributed by atoms with Gasteiger partial charge >= 0.3 is 0 Å². The fraction of sp³-hybridized carbons (Fsp3) is 0.600.